The van der Waals surface area contributed by atoms with E-state index in [-0.39, 0.29) is 16.6 Å². The highest BCUT2D eigenvalue weighted by molar-refractivity contribution is 7.99. The molecule has 1 amide bonds. The number of sulfonamides is 1. The number of rotatable bonds is 9. The summed E-state index contributed by atoms with van der Waals surface area (Å²) < 4.78 is 32.3. The molecule has 168 valence electrons. The number of nitrogens with zero attached hydrogens (tertiary/aromatic N) is 2. The molecule has 1 saturated heterocycles. The molecule has 0 spiro atoms. The summed E-state index contributed by atoms with van der Waals surface area (Å²) in [5, 5.41) is 3.52. The van der Waals surface area contributed by atoms with E-state index in [9.17, 15) is 13.2 Å². The Morgan fingerprint density at radius 2 is 1.81 bits per heavy atom. The maximum atomic E-state index is 12.8. The Balaban J connectivity index is 1.44. The maximum Gasteiger partial charge on any atom is 0.244 e. The van der Waals surface area contributed by atoms with Crippen LogP contribution < -0.4 is 10.1 Å². The zero-order chi connectivity index (χ0) is 22.1. The zero-order valence-corrected chi connectivity index (χ0v) is 19.4. The number of carbonyl (C=O) groups excluding carboxylic acids is 1. The average Bonchev–Trinajstić information content (AvgIpc) is 3.09. The number of ether oxygens (including phenoxy) is 1. The first-order chi connectivity index (χ1) is 15.0. The lowest BCUT2D eigenvalue weighted by Gasteiger charge is -2.19. The van der Waals surface area contributed by atoms with Crippen molar-refractivity contribution < 1.29 is 17.9 Å². The van der Waals surface area contributed by atoms with E-state index in [0.29, 0.717) is 24.7 Å². The Bertz CT molecular complexity index is 940. The van der Waals surface area contributed by atoms with Gasteiger partial charge in [-0.1, -0.05) is 36.7 Å². The number of methoxy groups -OCH3 is 1. The van der Waals surface area contributed by atoms with E-state index in [1.807, 2.05) is 24.3 Å². The van der Waals surface area contributed by atoms with E-state index < -0.39 is 10.0 Å². The highest BCUT2D eigenvalue weighted by atomic mass is 32.2. The number of nitrogens with one attached hydrogen (secondary N) is 1. The molecule has 1 aromatic carbocycles. The fourth-order valence-corrected chi connectivity index (χ4v) is 5.50. The molecule has 0 aliphatic carbocycles. The summed E-state index contributed by atoms with van der Waals surface area (Å²) >= 11 is 1.29. The number of benzene rings is 1. The van der Waals surface area contributed by atoms with Gasteiger partial charge in [0.1, 0.15) is 10.6 Å². The zero-order valence-electron chi connectivity index (χ0n) is 17.7. The summed E-state index contributed by atoms with van der Waals surface area (Å²) in [6.07, 6.45) is 6.07. The summed E-state index contributed by atoms with van der Waals surface area (Å²) in [6.45, 7) is 1.68. The first-order valence-corrected chi connectivity index (χ1v) is 12.9. The number of carbonyl (C=O) groups is 1. The van der Waals surface area contributed by atoms with Gasteiger partial charge in [-0.25, -0.2) is 13.4 Å². The lowest BCUT2D eigenvalue weighted by molar-refractivity contribution is -0.118. The maximum absolute atomic E-state index is 12.8. The number of aromatic nitrogens is 1. The molecule has 1 aliphatic rings. The number of thioether (sulfide) groups is 1. The van der Waals surface area contributed by atoms with Gasteiger partial charge in [0.25, 0.3) is 0 Å². The average molecular weight is 464 g/mol. The van der Waals surface area contributed by atoms with Crippen LogP contribution in [-0.4, -0.2) is 56.1 Å². The second-order valence-electron chi connectivity index (χ2n) is 7.39. The minimum absolute atomic E-state index is 0.0819. The smallest absolute Gasteiger partial charge is 0.244 e. The second kappa shape index (κ2) is 11.5. The van der Waals surface area contributed by atoms with E-state index in [4.69, 9.17) is 4.74 Å². The van der Waals surface area contributed by atoms with Gasteiger partial charge in [0, 0.05) is 25.8 Å². The van der Waals surface area contributed by atoms with Gasteiger partial charge in [-0.05, 0) is 49.1 Å². The van der Waals surface area contributed by atoms with E-state index in [1.54, 1.807) is 23.5 Å². The van der Waals surface area contributed by atoms with E-state index in [0.717, 1.165) is 43.4 Å². The normalized spacial score (nSPS) is 15.3. The van der Waals surface area contributed by atoms with E-state index >= 15 is 0 Å². The Kier molecular flexibility index (Phi) is 8.74. The summed E-state index contributed by atoms with van der Waals surface area (Å²) in [4.78, 5) is 16.5. The number of amides is 1. The molecule has 0 atom stereocenters. The predicted octanol–water partition coefficient (Wildman–Crippen LogP) is 3.11. The Morgan fingerprint density at radius 1 is 1.10 bits per heavy atom. The van der Waals surface area contributed by atoms with Crippen LogP contribution in [0.1, 0.15) is 31.2 Å². The number of pyridine rings is 1. The Labute approximate surface area is 188 Å². The minimum Gasteiger partial charge on any atom is -0.497 e. The molecule has 31 heavy (non-hydrogen) atoms. The van der Waals surface area contributed by atoms with Crippen LogP contribution in [0.15, 0.2) is 52.5 Å². The van der Waals surface area contributed by atoms with Crippen LogP contribution in [0.25, 0.3) is 0 Å². The molecular weight excluding hydrogens is 434 g/mol. The molecule has 1 fully saturated rings. The van der Waals surface area contributed by atoms with Crippen LogP contribution in [0, 0.1) is 0 Å². The molecule has 9 heteroatoms. The summed E-state index contributed by atoms with van der Waals surface area (Å²) in [7, 11) is -1.87. The van der Waals surface area contributed by atoms with Crippen LogP contribution in [0.5, 0.6) is 5.75 Å². The number of hydrogen-bond acceptors (Lipinski definition) is 6. The van der Waals surface area contributed by atoms with E-state index in [2.05, 4.69) is 10.3 Å². The second-order valence-corrected chi connectivity index (χ2v) is 10.3. The molecule has 7 nitrogen and oxygen atoms in total. The molecular formula is C22H29N3O4S2. The SMILES string of the molecule is COc1ccc(CCNC(=O)CSc2ccc(S(=O)(=O)N3CCCCCC3)cn2)cc1. The fraction of sp³-hybridized carbons (Fsp3) is 0.455. The van der Waals surface area contributed by atoms with Gasteiger partial charge in [-0.15, -0.1) is 0 Å². The van der Waals surface area contributed by atoms with Crippen molar-refractivity contribution in [2.45, 2.75) is 42.0 Å². The third kappa shape index (κ3) is 6.95. The Morgan fingerprint density at radius 3 is 2.42 bits per heavy atom. The van der Waals surface area contributed by atoms with Crippen molar-refractivity contribution in [3.63, 3.8) is 0 Å². The number of hydrogen-bond donors (Lipinski definition) is 1. The van der Waals surface area contributed by atoms with Crippen LogP contribution in [0.2, 0.25) is 0 Å². The molecule has 3 rings (SSSR count). The molecule has 1 N–H and O–H groups in total. The lowest BCUT2D eigenvalue weighted by Crippen LogP contribution is -2.32. The standard InChI is InChI=1S/C22H29N3O4S2/c1-29-19-8-6-18(7-9-19)12-13-23-21(26)17-30-22-11-10-20(16-24-22)31(27,28)25-14-4-2-3-5-15-25/h6-11,16H,2-5,12-15,17H2,1H3,(H,23,26). The van der Waals surface area contributed by atoms with Crippen molar-refractivity contribution in [1.82, 2.24) is 14.6 Å². The van der Waals surface area contributed by atoms with Gasteiger partial charge in [0.05, 0.1) is 17.9 Å². The third-order valence-corrected chi connectivity index (χ3v) is 7.98. The monoisotopic (exact) mass is 463 g/mol. The van der Waals surface area contributed by atoms with Crippen LogP contribution in [-0.2, 0) is 21.2 Å². The van der Waals surface area contributed by atoms with Gasteiger partial charge < -0.3 is 10.1 Å². The van der Waals surface area contributed by atoms with Crippen LogP contribution in [0.3, 0.4) is 0 Å². The van der Waals surface area contributed by atoms with Crippen molar-refractivity contribution in [2.75, 3.05) is 32.5 Å². The van der Waals surface area contributed by atoms with Crippen LogP contribution in [0.4, 0.5) is 0 Å². The highest BCUT2D eigenvalue weighted by Crippen LogP contribution is 2.22. The van der Waals surface area contributed by atoms with Crippen molar-refractivity contribution in [2.24, 2.45) is 0 Å². The van der Waals surface area contributed by atoms with Crippen molar-refractivity contribution in [3.8, 4) is 5.75 Å². The molecule has 1 aliphatic heterocycles. The largest absolute Gasteiger partial charge is 0.497 e. The van der Waals surface area contributed by atoms with Gasteiger partial charge in [-0.3, -0.25) is 4.79 Å². The summed E-state index contributed by atoms with van der Waals surface area (Å²) in [5.41, 5.74) is 1.12. The molecule has 0 saturated carbocycles. The molecule has 1 aromatic heterocycles. The summed E-state index contributed by atoms with van der Waals surface area (Å²) in [6, 6.07) is 11.0. The van der Waals surface area contributed by atoms with Crippen molar-refractivity contribution in [1.29, 1.82) is 0 Å². The van der Waals surface area contributed by atoms with Crippen molar-refractivity contribution in [3.05, 3.63) is 48.2 Å². The highest BCUT2D eigenvalue weighted by Gasteiger charge is 2.25. The van der Waals surface area contributed by atoms with Crippen LogP contribution >= 0.6 is 11.8 Å². The fourth-order valence-electron chi connectivity index (χ4n) is 3.36. The predicted molar refractivity (Wildman–Crippen MR) is 122 cm³/mol. The molecule has 0 unspecified atom stereocenters. The Hall–Kier alpha value is -2.10. The first kappa shape index (κ1) is 23.6. The van der Waals surface area contributed by atoms with Gasteiger partial charge in [-0.2, -0.15) is 4.31 Å². The lowest BCUT2D eigenvalue weighted by atomic mass is 10.1. The van der Waals surface area contributed by atoms with Gasteiger partial charge in [0.15, 0.2) is 0 Å². The first-order valence-electron chi connectivity index (χ1n) is 10.5. The summed E-state index contributed by atoms with van der Waals surface area (Å²) in [5.74, 6) is 0.955. The van der Waals surface area contributed by atoms with E-state index in [1.165, 1.54) is 18.0 Å². The van der Waals surface area contributed by atoms with Gasteiger partial charge in [0.2, 0.25) is 15.9 Å². The van der Waals surface area contributed by atoms with Crippen molar-refractivity contribution >= 4 is 27.7 Å². The quantitative estimate of drug-likeness (QED) is 0.575. The third-order valence-electron chi connectivity index (χ3n) is 5.16. The molecule has 2 aromatic rings. The van der Waals surface area contributed by atoms with Gasteiger partial charge >= 0.3 is 0 Å². The minimum atomic E-state index is -3.50. The topological polar surface area (TPSA) is 88.6 Å². The molecule has 2 heterocycles. The molecule has 0 radical (unpaired) electrons. The molecule has 0 bridgehead atoms.